The number of likely N-dealkylation sites (tertiary alicyclic amines) is 1. The minimum absolute atomic E-state index is 0. The summed E-state index contributed by atoms with van der Waals surface area (Å²) in [5.74, 6) is -0.130. The molecule has 0 aromatic heterocycles. The molecule has 14 heavy (non-hydrogen) atoms. The van der Waals surface area contributed by atoms with Crippen molar-refractivity contribution in [3.05, 3.63) is 0 Å². The van der Waals surface area contributed by atoms with Crippen LogP contribution in [0, 0.1) is 0 Å². The second kappa shape index (κ2) is 4.81. The first kappa shape index (κ1) is 13.5. The molecule has 0 radical (unpaired) electrons. The molecule has 0 spiro atoms. The average Bonchev–Trinajstić information content (AvgIpc) is 2.30. The largest absolute Gasteiger partial charge is 0.443 e. The number of nitrogens with zero attached hydrogens (tertiary/aromatic N) is 1. The number of ether oxygens (including phenoxy) is 1. The Morgan fingerprint density at radius 2 is 2.00 bits per heavy atom. The number of hydrogen-bond acceptors (Lipinski definition) is 3. The zero-order valence-electron chi connectivity index (χ0n) is 8.70. The molecule has 2 amide bonds. The van der Waals surface area contributed by atoms with Gasteiger partial charge in [-0.05, 0) is 27.2 Å². The molecule has 0 aliphatic carbocycles. The number of hydrogen-bond donors (Lipinski definition) is 0. The Kier molecular flexibility index (Phi) is 4.63. The molecule has 80 valence electrons. The molecule has 1 rings (SSSR count). The Bertz CT molecular complexity index is 235. The summed E-state index contributed by atoms with van der Waals surface area (Å²) in [5, 5.41) is 0. The van der Waals surface area contributed by atoms with Gasteiger partial charge in [0.05, 0.1) is 0 Å². The minimum Gasteiger partial charge on any atom is -0.443 e. The van der Waals surface area contributed by atoms with Crippen molar-refractivity contribution in [2.75, 3.05) is 6.54 Å². The summed E-state index contributed by atoms with van der Waals surface area (Å²) >= 11 is 0. The number of amides is 2. The van der Waals surface area contributed by atoms with Gasteiger partial charge in [0.2, 0.25) is 5.91 Å². The van der Waals surface area contributed by atoms with Crippen LogP contribution in [0.4, 0.5) is 4.79 Å². The quantitative estimate of drug-likeness (QED) is 0.642. The molecule has 1 fully saturated rings. The fraction of sp³-hybridized carbons (Fsp3) is 0.778. The molecule has 5 heteroatoms. The van der Waals surface area contributed by atoms with Crippen molar-refractivity contribution in [3.8, 4) is 0 Å². The molecule has 4 nitrogen and oxygen atoms in total. The Labute approximate surface area is 94.7 Å². The molecular weight excluding hydrogens is 222 g/mol. The van der Waals surface area contributed by atoms with Crippen molar-refractivity contribution in [1.82, 2.24) is 4.90 Å². The average molecular weight is 237 g/mol. The van der Waals surface area contributed by atoms with E-state index in [0.29, 0.717) is 13.0 Å². The van der Waals surface area contributed by atoms with E-state index in [9.17, 15) is 9.59 Å². The first-order valence-electron chi connectivity index (χ1n) is 4.43. The number of carbonyl (C=O) groups is 2. The van der Waals surface area contributed by atoms with Crippen LogP contribution in [0.5, 0.6) is 0 Å². The molecule has 0 atom stereocenters. The van der Waals surface area contributed by atoms with Gasteiger partial charge >= 0.3 is 6.09 Å². The molecule has 0 aromatic carbocycles. The van der Waals surface area contributed by atoms with Gasteiger partial charge in [0.15, 0.2) is 0 Å². The number of carbonyl (C=O) groups excluding carboxylic acids is 2. The topological polar surface area (TPSA) is 46.6 Å². The summed E-state index contributed by atoms with van der Waals surface area (Å²) in [6.07, 6.45) is 0.687. The Morgan fingerprint density at radius 1 is 1.43 bits per heavy atom. The predicted octanol–water partition coefficient (Wildman–Crippen LogP) is 1.54. The molecule has 0 aromatic rings. The van der Waals surface area contributed by atoms with Crippen LogP contribution in [0.1, 0.15) is 33.6 Å². The molecule has 1 aliphatic rings. The van der Waals surface area contributed by atoms with Crippen LogP contribution >= 0.6 is 0 Å². The van der Waals surface area contributed by atoms with Crippen LogP contribution in [0.3, 0.4) is 0 Å². The summed E-state index contributed by atoms with van der Waals surface area (Å²) < 4.78 is 5.06. The van der Waals surface area contributed by atoms with E-state index in [0.717, 1.165) is 6.42 Å². The molecule has 1 saturated heterocycles. The second-order valence-electron chi connectivity index (χ2n) is 4.13. The third-order valence-electron chi connectivity index (χ3n) is 1.69. The van der Waals surface area contributed by atoms with E-state index in [1.165, 1.54) is 4.90 Å². The van der Waals surface area contributed by atoms with Crippen molar-refractivity contribution < 1.29 is 31.7 Å². The zero-order valence-corrected chi connectivity index (χ0v) is 9.98. The maximum absolute atomic E-state index is 11.4. The van der Waals surface area contributed by atoms with Crippen LogP contribution in [0.25, 0.3) is 0 Å². The summed E-state index contributed by atoms with van der Waals surface area (Å²) in [7, 11) is 0. The van der Waals surface area contributed by atoms with Crippen molar-refractivity contribution in [1.29, 1.82) is 0 Å². The maximum atomic E-state index is 11.4. The summed E-state index contributed by atoms with van der Waals surface area (Å²) in [6.45, 7) is 5.84. The van der Waals surface area contributed by atoms with Crippen LogP contribution in [-0.2, 0) is 26.9 Å². The fourth-order valence-electron chi connectivity index (χ4n) is 1.16. The van der Waals surface area contributed by atoms with Gasteiger partial charge in [-0.15, -0.1) is 0 Å². The van der Waals surface area contributed by atoms with Gasteiger partial charge in [-0.25, -0.2) is 9.69 Å². The monoisotopic (exact) mass is 237 g/mol. The Hall–Kier alpha value is -0.528. The van der Waals surface area contributed by atoms with Crippen LogP contribution < -0.4 is 0 Å². The zero-order chi connectivity index (χ0) is 10.1. The SMILES string of the molecule is CC(C)(C)OC(=O)N1CCCC1=O.[Cr]. The summed E-state index contributed by atoms with van der Waals surface area (Å²) in [6, 6.07) is 0. The van der Waals surface area contributed by atoms with Gasteiger partial charge in [0, 0.05) is 30.3 Å². The first-order chi connectivity index (χ1) is 5.90. The summed E-state index contributed by atoms with van der Waals surface area (Å²) in [4.78, 5) is 23.7. The van der Waals surface area contributed by atoms with E-state index in [-0.39, 0.29) is 23.3 Å². The first-order valence-corrected chi connectivity index (χ1v) is 4.43. The minimum atomic E-state index is -0.528. The Morgan fingerprint density at radius 3 is 2.36 bits per heavy atom. The van der Waals surface area contributed by atoms with E-state index < -0.39 is 11.7 Å². The van der Waals surface area contributed by atoms with Crippen LogP contribution in [0.15, 0.2) is 0 Å². The van der Waals surface area contributed by atoms with Gasteiger partial charge in [-0.1, -0.05) is 0 Å². The third kappa shape index (κ3) is 3.69. The number of imide groups is 1. The molecule has 0 N–H and O–H groups in total. The second-order valence-corrected chi connectivity index (χ2v) is 4.13. The fourth-order valence-corrected chi connectivity index (χ4v) is 1.16. The predicted molar refractivity (Wildman–Crippen MR) is 47.2 cm³/mol. The van der Waals surface area contributed by atoms with E-state index in [4.69, 9.17) is 4.74 Å². The normalized spacial score (nSPS) is 16.5. The molecule has 0 bridgehead atoms. The van der Waals surface area contributed by atoms with Crippen LogP contribution in [-0.4, -0.2) is 29.0 Å². The van der Waals surface area contributed by atoms with E-state index in [1.807, 2.05) is 0 Å². The molecule has 1 heterocycles. The molecular formula is C9H15CrNO3. The van der Waals surface area contributed by atoms with Gasteiger partial charge in [0.1, 0.15) is 5.60 Å². The van der Waals surface area contributed by atoms with E-state index >= 15 is 0 Å². The molecule has 0 saturated carbocycles. The molecule has 1 aliphatic heterocycles. The standard InChI is InChI=1S/C9H15NO3.Cr/c1-9(2,3)13-8(12)10-6-4-5-7(10)11;/h4-6H2,1-3H3;. The van der Waals surface area contributed by atoms with Crippen molar-refractivity contribution in [2.24, 2.45) is 0 Å². The molecule has 0 unspecified atom stereocenters. The van der Waals surface area contributed by atoms with Gasteiger partial charge in [-0.2, -0.15) is 0 Å². The van der Waals surface area contributed by atoms with Crippen molar-refractivity contribution in [3.63, 3.8) is 0 Å². The number of rotatable bonds is 0. The smallest absolute Gasteiger partial charge is 0.417 e. The van der Waals surface area contributed by atoms with E-state index in [1.54, 1.807) is 20.8 Å². The maximum Gasteiger partial charge on any atom is 0.417 e. The van der Waals surface area contributed by atoms with Crippen LogP contribution in [0.2, 0.25) is 0 Å². The van der Waals surface area contributed by atoms with E-state index in [2.05, 4.69) is 0 Å². The van der Waals surface area contributed by atoms with Crippen molar-refractivity contribution >= 4 is 12.0 Å². The third-order valence-corrected chi connectivity index (χ3v) is 1.69. The van der Waals surface area contributed by atoms with Crippen molar-refractivity contribution in [2.45, 2.75) is 39.2 Å². The summed E-state index contributed by atoms with van der Waals surface area (Å²) in [5.41, 5.74) is -0.528. The van der Waals surface area contributed by atoms with Gasteiger partial charge in [0.25, 0.3) is 0 Å². The van der Waals surface area contributed by atoms with Gasteiger partial charge < -0.3 is 4.74 Å². The Balaban J connectivity index is 0.00000169. The van der Waals surface area contributed by atoms with Gasteiger partial charge in [-0.3, -0.25) is 4.79 Å².